The van der Waals surface area contributed by atoms with E-state index in [0.29, 0.717) is 0 Å². The molecule has 30 heavy (non-hydrogen) atoms. The molecule has 4 aromatic carbocycles. The summed E-state index contributed by atoms with van der Waals surface area (Å²) in [4.78, 5) is 8.82. The molecule has 0 atom stereocenters. The summed E-state index contributed by atoms with van der Waals surface area (Å²) in [7, 11) is 0. The summed E-state index contributed by atoms with van der Waals surface area (Å²) in [6.07, 6.45) is 9.93. The van der Waals surface area contributed by atoms with Crippen LogP contribution in [0.1, 0.15) is 22.5 Å². The predicted octanol–water partition coefficient (Wildman–Crippen LogP) is 7.12. The molecule has 1 heterocycles. The maximum Gasteiger partial charge on any atom is 0.116 e. The van der Waals surface area contributed by atoms with Crippen molar-refractivity contribution in [3.05, 3.63) is 120 Å². The molecular weight excluding hydrogens is 364 g/mol. The monoisotopic (exact) mass is 384 g/mol. The number of hydrogen-bond donors (Lipinski definition) is 0. The third-order valence-corrected chi connectivity index (χ3v) is 5.22. The van der Waals surface area contributed by atoms with E-state index in [9.17, 15) is 0 Å². The Balaban J connectivity index is 1.43. The van der Waals surface area contributed by atoms with E-state index in [0.717, 1.165) is 11.4 Å². The molecule has 0 fully saturated rings. The molecule has 5 aromatic rings. The van der Waals surface area contributed by atoms with Gasteiger partial charge in [-0.25, -0.2) is 9.97 Å². The Morgan fingerprint density at radius 2 is 0.933 bits per heavy atom. The van der Waals surface area contributed by atoms with Gasteiger partial charge in [0.2, 0.25) is 0 Å². The molecule has 0 spiro atoms. The first-order valence-corrected chi connectivity index (χ1v) is 10.0. The smallest absolute Gasteiger partial charge is 0.116 e. The van der Waals surface area contributed by atoms with E-state index in [-0.39, 0.29) is 0 Å². The Labute approximate surface area is 175 Å². The number of fused-ring (bicyclic) bond motifs is 2. The molecule has 2 heteroatoms. The summed E-state index contributed by atoms with van der Waals surface area (Å²) < 4.78 is 0. The summed E-state index contributed by atoms with van der Waals surface area (Å²) in [5.74, 6) is 0. The first-order chi connectivity index (χ1) is 14.9. The summed E-state index contributed by atoms with van der Waals surface area (Å²) in [6, 6.07) is 31.5. The number of nitrogens with zero attached hydrogens (tertiary/aromatic N) is 2. The molecule has 0 saturated heterocycles. The Bertz CT molecular complexity index is 1280. The molecule has 0 radical (unpaired) electrons. The van der Waals surface area contributed by atoms with Crippen LogP contribution in [-0.2, 0) is 0 Å². The molecule has 0 unspecified atom stereocenters. The van der Waals surface area contributed by atoms with Gasteiger partial charge in [-0.2, -0.15) is 0 Å². The van der Waals surface area contributed by atoms with Crippen LogP contribution in [0.4, 0.5) is 0 Å². The second-order valence-corrected chi connectivity index (χ2v) is 7.17. The summed E-state index contributed by atoms with van der Waals surface area (Å²) in [5, 5.41) is 4.95. The first-order valence-electron chi connectivity index (χ1n) is 10.0. The number of hydrogen-bond acceptors (Lipinski definition) is 2. The van der Waals surface area contributed by atoms with Gasteiger partial charge in [0.25, 0.3) is 0 Å². The molecule has 5 rings (SSSR count). The zero-order chi connectivity index (χ0) is 20.2. The lowest BCUT2D eigenvalue weighted by Crippen LogP contribution is -1.87. The molecule has 0 aliphatic carbocycles. The van der Waals surface area contributed by atoms with E-state index in [2.05, 4.69) is 107 Å². The van der Waals surface area contributed by atoms with Crippen LogP contribution < -0.4 is 0 Å². The van der Waals surface area contributed by atoms with Crippen molar-refractivity contribution in [3.63, 3.8) is 0 Å². The fourth-order valence-corrected chi connectivity index (χ4v) is 3.71. The second-order valence-electron chi connectivity index (χ2n) is 7.17. The minimum Gasteiger partial charge on any atom is -0.237 e. The van der Waals surface area contributed by atoms with Gasteiger partial charge in [0.05, 0.1) is 11.4 Å². The quantitative estimate of drug-likeness (QED) is 0.329. The van der Waals surface area contributed by atoms with E-state index in [1.165, 1.54) is 32.7 Å². The molecule has 0 amide bonds. The zero-order valence-electron chi connectivity index (χ0n) is 16.4. The maximum absolute atomic E-state index is 4.41. The van der Waals surface area contributed by atoms with Crippen LogP contribution in [0, 0.1) is 0 Å². The van der Waals surface area contributed by atoms with Crippen LogP contribution in [0.25, 0.3) is 45.8 Å². The topological polar surface area (TPSA) is 25.8 Å². The Morgan fingerprint density at radius 1 is 0.467 bits per heavy atom. The molecule has 0 aliphatic heterocycles. The molecule has 0 aliphatic rings. The van der Waals surface area contributed by atoms with Crippen molar-refractivity contribution in [1.29, 1.82) is 0 Å². The lowest BCUT2D eigenvalue weighted by Gasteiger charge is -2.02. The molecule has 0 saturated carbocycles. The van der Waals surface area contributed by atoms with E-state index >= 15 is 0 Å². The molecule has 0 N–H and O–H groups in total. The van der Waals surface area contributed by atoms with Gasteiger partial charge in [0, 0.05) is 0 Å². The molecule has 2 nitrogen and oxygen atoms in total. The standard InChI is InChI=1S/C28H20N2/c1-3-13-27-21(7-1)9-5-11-23(27)15-17-25-19-26(30-20-29-25)18-16-24-12-6-10-22-8-2-4-14-28(22)24/h1-20H/b17-15+,18-16+. The SMILES string of the molecule is C(=C\c1cccc2ccccc12)/c1cc(/C=C/c2cccc3ccccc23)ncn1. The van der Waals surface area contributed by atoms with Crippen LogP contribution in [0.5, 0.6) is 0 Å². The fraction of sp³-hybridized carbons (Fsp3) is 0. The van der Waals surface area contributed by atoms with Crippen molar-refractivity contribution in [2.24, 2.45) is 0 Å². The number of benzene rings is 4. The molecule has 0 bridgehead atoms. The van der Waals surface area contributed by atoms with Crippen molar-refractivity contribution in [1.82, 2.24) is 9.97 Å². The average Bonchev–Trinajstić information content (AvgIpc) is 2.81. The minimum absolute atomic E-state index is 0.885. The summed E-state index contributed by atoms with van der Waals surface area (Å²) in [5.41, 5.74) is 4.13. The molecule has 1 aromatic heterocycles. The van der Waals surface area contributed by atoms with E-state index in [1.54, 1.807) is 6.33 Å². The van der Waals surface area contributed by atoms with Gasteiger partial charge in [-0.3, -0.25) is 0 Å². The van der Waals surface area contributed by atoms with Gasteiger partial charge in [0.15, 0.2) is 0 Å². The fourth-order valence-electron chi connectivity index (χ4n) is 3.71. The average molecular weight is 384 g/mol. The van der Waals surface area contributed by atoms with Crippen molar-refractivity contribution in [2.45, 2.75) is 0 Å². The van der Waals surface area contributed by atoms with E-state index in [1.807, 2.05) is 18.2 Å². The Kier molecular flexibility index (Phi) is 4.89. The van der Waals surface area contributed by atoms with Gasteiger partial charge >= 0.3 is 0 Å². The Morgan fingerprint density at radius 3 is 1.47 bits per heavy atom. The lowest BCUT2D eigenvalue weighted by atomic mass is 10.0. The van der Waals surface area contributed by atoms with Gasteiger partial charge in [-0.15, -0.1) is 0 Å². The normalized spacial score (nSPS) is 11.7. The van der Waals surface area contributed by atoms with Gasteiger partial charge in [-0.05, 0) is 50.9 Å². The molecular formula is C28H20N2. The summed E-state index contributed by atoms with van der Waals surface area (Å²) in [6.45, 7) is 0. The third-order valence-electron chi connectivity index (χ3n) is 5.22. The van der Waals surface area contributed by atoms with Crippen molar-refractivity contribution in [2.75, 3.05) is 0 Å². The summed E-state index contributed by atoms with van der Waals surface area (Å²) >= 11 is 0. The lowest BCUT2D eigenvalue weighted by molar-refractivity contribution is 1.14. The highest BCUT2D eigenvalue weighted by Crippen LogP contribution is 2.22. The van der Waals surface area contributed by atoms with Crippen LogP contribution in [0.2, 0.25) is 0 Å². The van der Waals surface area contributed by atoms with Crippen LogP contribution >= 0.6 is 0 Å². The van der Waals surface area contributed by atoms with E-state index < -0.39 is 0 Å². The Hall–Kier alpha value is -4.04. The van der Waals surface area contributed by atoms with Gasteiger partial charge in [-0.1, -0.05) is 97.1 Å². The predicted molar refractivity (Wildman–Crippen MR) is 128 cm³/mol. The van der Waals surface area contributed by atoms with Crippen molar-refractivity contribution in [3.8, 4) is 0 Å². The maximum atomic E-state index is 4.41. The first kappa shape index (κ1) is 18.0. The largest absolute Gasteiger partial charge is 0.237 e. The van der Waals surface area contributed by atoms with Crippen LogP contribution in [-0.4, -0.2) is 9.97 Å². The highest BCUT2D eigenvalue weighted by atomic mass is 14.8. The number of rotatable bonds is 4. The minimum atomic E-state index is 0.885. The van der Waals surface area contributed by atoms with E-state index in [4.69, 9.17) is 0 Å². The third kappa shape index (κ3) is 3.76. The molecule has 142 valence electrons. The van der Waals surface area contributed by atoms with Crippen molar-refractivity contribution < 1.29 is 0 Å². The second kappa shape index (κ2) is 8.14. The van der Waals surface area contributed by atoms with Gasteiger partial charge in [0.1, 0.15) is 6.33 Å². The number of aromatic nitrogens is 2. The van der Waals surface area contributed by atoms with Crippen LogP contribution in [0.3, 0.4) is 0 Å². The zero-order valence-corrected chi connectivity index (χ0v) is 16.4. The highest BCUT2D eigenvalue weighted by Gasteiger charge is 1.99. The highest BCUT2D eigenvalue weighted by molar-refractivity contribution is 5.93. The van der Waals surface area contributed by atoms with Gasteiger partial charge < -0.3 is 0 Å². The van der Waals surface area contributed by atoms with Crippen molar-refractivity contribution >= 4 is 45.8 Å². The van der Waals surface area contributed by atoms with Crippen LogP contribution in [0.15, 0.2) is 97.3 Å².